The van der Waals surface area contributed by atoms with Crippen LogP contribution in [0.5, 0.6) is 11.5 Å². The predicted molar refractivity (Wildman–Crippen MR) is 75.5 cm³/mol. The van der Waals surface area contributed by atoms with Crippen molar-refractivity contribution in [3.63, 3.8) is 0 Å². The van der Waals surface area contributed by atoms with Crippen molar-refractivity contribution in [2.45, 2.75) is 13.0 Å². The highest BCUT2D eigenvalue weighted by molar-refractivity contribution is 5.73. The summed E-state index contributed by atoms with van der Waals surface area (Å²) in [5.41, 5.74) is 9.49. The molecule has 1 heterocycles. The maximum atomic E-state index is 13.5. The molecule has 0 saturated heterocycles. The highest BCUT2D eigenvalue weighted by Gasteiger charge is 2.19. The fraction of sp³-hybridized carbons (Fsp3) is 0.250. The monoisotopic (exact) mass is 273 g/mol. The molecule has 0 atom stereocenters. The summed E-state index contributed by atoms with van der Waals surface area (Å²) in [4.78, 5) is 0. The summed E-state index contributed by atoms with van der Waals surface area (Å²) in [5, 5.41) is 0. The molecular weight excluding hydrogens is 257 g/mol. The lowest BCUT2D eigenvalue weighted by Gasteiger charge is -2.13. The van der Waals surface area contributed by atoms with Gasteiger partial charge in [0.05, 0.1) is 13.7 Å². The second kappa shape index (κ2) is 5.13. The zero-order chi connectivity index (χ0) is 14.1. The normalized spacial score (nSPS) is 12.9. The molecular formula is C16H16FNO2. The Morgan fingerprint density at radius 2 is 2.15 bits per heavy atom. The summed E-state index contributed by atoms with van der Waals surface area (Å²) in [5.74, 6) is 1.24. The lowest BCUT2D eigenvalue weighted by Crippen LogP contribution is -2.00. The van der Waals surface area contributed by atoms with Gasteiger partial charge in [-0.25, -0.2) is 4.39 Å². The first-order valence-corrected chi connectivity index (χ1v) is 6.55. The van der Waals surface area contributed by atoms with E-state index in [2.05, 4.69) is 0 Å². The molecule has 4 heteroatoms. The molecule has 0 aromatic heterocycles. The van der Waals surface area contributed by atoms with Crippen molar-refractivity contribution in [1.82, 2.24) is 0 Å². The highest BCUT2D eigenvalue weighted by Crippen LogP contribution is 2.37. The molecule has 0 fully saturated rings. The van der Waals surface area contributed by atoms with Gasteiger partial charge >= 0.3 is 0 Å². The molecule has 0 amide bonds. The molecule has 0 unspecified atom stereocenters. The van der Waals surface area contributed by atoms with Crippen LogP contribution in [0, 0.1) is 5.82 Å². The number of ether oxygens (including phenoxy) is 2. The molecule has 20 heavy (non-hydrogen) atoms. The fourth-order valence-electron chi connectivity index (χ4n) is 2.60. The van der Waals surface area contributed by atoms with Crippen LogP contribution in [0.4, 0.5) is 4.39 Å². The third-order valence-corrected chi connectivity index (χ3v) is 3.55. The van der Waals surface area contributed by atoms with Gasteiger partial charge in [-0.15, -0.1) is 0 Å². The third kappa shape index (κ3) is 2.12. The molecule has 0 bridgehead atoms. The minimum Gasteiger partial charge on any atom is -0.496 e. The Bertz CT molecular complexity index is 655. The van der Waals surface area contributed by atoms with Gasteiger partial charge in [-0.3, -0.25) is 0 Å². The topological polar surface area (TPSA) is 44.5 Å². The summed E-state index contributed by atoms with van der Waals surface area (Å²) in [6, 6.07) is 8.48. The Morgan fingerprint density at radius 1 is 1.30 bits per heavy atom. The highest BCUT2D eigenvalue weighted by atomic mass is 19.1. The number of benzene rings is 2. The molecule has 104 valence electrons. The average Bonchev–Trinajstić information content (AvgIpc) is 2.94. The van der Waals surface area contributed by atoms with Crippen molar-refractivity contribution in [3.05, 3.63) is 47.3 Å². The molecule has 2 aromatic rings. The molecule has 0 spiro atoms. The summed E-state index contributed by atoms with van der Waals surface area (Å²) in [6.07, 6.45) is 0.855. The minimum absolute atomic E-state index is 0.285. The predicted octanol–water partition coefficient (Wildman–Crippen LogP) is 2.89. The molecule has 2 N–H and O–H groups in total. The van der Waals surface area contributed by atoms with Gasteiger partial charge in [-0.1, -0.05) is 0 Å². The van der Waals surface area contributed by atoms with Crippen LogP contribution in [0.2, 0.25) is 0 Å². The Hall–Kier alpha value is -2.07. The minimum atomic E-state index is -0.285. The lowest BCUT2D eigenvalue weighted by atomic mass is 9.97. The van der Waals surface area contributed by atoms with E-state index in [1.54, 1.807) is 13.2 Å². The van der Waals surface area contributed by atoms with Gasteiger partial charge in [-0.2, -0.15) is 0 Å². The van der Waals surface area contributed by atoms with Crippen LogP contribution in [0.3, 0.4) is 0 Å². The SMILES string of the molecule is COc1ccc(F)cc1-c1cc(CN)c2c(c1)CCO2. The van der Waals surface area contributed by atoms with Gasteiger partial charge in [0, 0.05) is 24.1 Å². The van der Waals surface area contributed by atoms with E-state index in [-0.39, 0.29) is 5.82 Å². The molecule has 1 aliphatic rings. The summed E-state index contributed by atoms with van der Waals surface area (Å²) in [7, 11) is 1.58. The molecule has 1 aliphatic heterocycles. The zero-order valence-corrected chi connectivity index (χ0v) is 11.3. The van der Waals surface area contributed by atoms with Gasteiger partial charge < -0.3 is 15.2 Å². The quantitative estimate of drug-likeness (QED) is 0.935. The van der Waals surface area contributed by atoms with E-state index in [9.17, 15) is 4.39 Å². The summed E-state index contributed by atoms with van der Waals surface area (Å²) < 4.78 is 24.4. The third-order valence-electron chi connectivity index (χ3n) is 3.55. The Kier molecular flexibility index (Phi) is 3.32. The zero-order valence-electron chi connectivity index (χ0n) is 11.3. The first-order valence-electron chi connectivity index (χ1n) is 6.55. The van der Waals surface area contributed by atoms with Crippen molar-refractivity contribution >= 4 is 0 Å². The number of methoxy groups -OCH3 is 1. The van der Waals surface area contributed by atoms with E-state index in [1.165, 1.54) is 12.1 Å². The maximum Gasteiger partial charge on any atom is 0.127 e. The van der Waals surface area contributed by atoms with Crippen molar-refractivity contribution in [2.24, 2.45) is 5.73 Å². The molecule has 3 nitrogen and oxygen atoms in total. The number of halogens is 1. The van der Waals surface area contributed by atoms with E-state index < -0.39 is 0 Å². The average molecular weight is 273 g/mol. The van der Waals surface area contributed by atoms with E-state index in [0.717, 1.165) is 34.4 Å². The summed E-state index contributed by atoms with van der Waals surface area (Å²) >= 11 is 0. The first-order chi connectivity index (χ1) is 9.72. The van der Waals surface area contributed by atoms with Crippen molar-refractivity contribution in [3.8, 4) is 22.6 Å². The Labute approximate surface area is 117 Å². The lowest BCUT2D eigenvalue weighted by molar-refractivity contribution is 0.353. The van der Waals surface area contributed by atoms with Crippen molar-refractivity contribution in [2.75, 3.05) is 13.7 Å². The molecule has 0 saturated carbocycles. The number of hydrogen-bond donors (Lipinski definition) is 1. The van der Waals surface area contributed by atoms with Crippen molar-refractivity contribution in [1.29, 1.82) is 0 Å². The van der Waals surface area contributed by atoms with Gasteiger partial charge in [-0.05, 0) is 41.5 Å². The van der Waals surface area contributed by atoms with Crippen LogP contribution in [0.25, 0.3) is 11.1 Å². The van der Waals surface area contributed by atoms with Crippen LogP contribution in [0.1, 0.15) is 11.1 Å². The van der Waals surface area contributed by atoms with E-state index in [1.807, 2.05) is 12.1 Å². The maximum absolute atomic E-state index is 13.5. The van der Waals surface area contributed by atoms with Crippen LogP contribution < -0.4 is 15.2 Å². The van der Waals surface area contributed by atoms with E-state index in [4.69, 9.17) is 15.2 Å². The number of nitrogens with two attached hydrogens (primary N) is 1. The van der Waals surface area contributed by atoms with Crippen molar-refractivity contribution < 1.29 is 13.9 Å². The van der Waals surface area contributed by atoms with Crippen LogP contribution in [-0.2, 0) is 13.0 Å². The van der Waals surface area contributed by atoms with Gasteiger partial charge in [0.15, 0.2) is 0 Å². The smallest absolute Gasteiger partial charge is 0.127 e. The van der Waals surface area contributed by atoms with Crippen LogP contribution in [-0.4, -0.2) is 13.7 Å². The molecule has 0 radical (unpaired) electrons. The number of hydrogen-bond acceptors (Lipinski definition) is 3. The largest absolute Gasteiger partial charge is 0.496 e. The first kappa shape index (κ1) is 12.9. The van der Waals surface area contributed by atoms with Gasteiger partial charge in [0.1, 0.15) is 17.3 Å². The molecule has 0 aliphatic carbocycles. The van der Waals surface area contributed by atoms with Gasteiger partial charge in [0.2, 0.25) is 0 Å². The van der Waals surface area contributed by atoms with Crippen LogP contribution in [0.15, 0.2) is 30.3 Å². The van der Waals surface area contributed by atoms with E-state index in [0.29, 0.717) is 18.9 Å². The van der Waals surface area contributed by atoms with Crippen LogP contribution >= 0.6 is 0 Å². The molecule has 2 aromatic carbocycles. The fourth-order valence-corrected chi connectivity index (χ4v) is 2.60. The molecule has 3 rings (SSSR count). The van der Waals surface area contributed by atoms with Gasteiger partial charge in [0.25, 0.3) is 0 Å². The Balaban J connectivity index is 2.18. The number of rotatable bonds is 3. The Morgan fingerprint density at radius 3 is 2.90 bits per heavy atom. The number of fused-ring (bicyclic) bond motifs is 1. The van der Waals surface area contributed by atoms with E-state index >= 15 is 0 Å². The second-order valence-corrected chi connectivity index (χ2v) is 4.77. The second-order valence-electron chi connectivity index (χ2n) is 4.77. The standard InChI is InChI=1S/C16H16FNO2/c1-19-15-3-2-13(17)8-14(15)11-6-10-4-5-20-16(10)12(7-11)9-18/h2-3,6-8H,4-5,9,18H2,1H3. The summed E-state index contributed by atoms with van der Waals surface area (Å²) in [6.45, 7) is 1.07.